The minimum atomic E-state index is -2.46. The lowest BCUT2D eigenvalue weighted by atomic mass is 9.77. The van der Waals surface area contributed by atoms with Crippen LogP contribution in [0.1, 0.15) is 44.2 Å². The van der Waals surface area contributed by atoms with Gasteiger partial charge in [-0.25, -0.2) is 8.78 Å². The second kappa shape index (κ2) is 5.95. The van der Waals surface area contributed by atoms with Gasteiger partial charge in [0.25, 0.3) is 0 Å². The predicted molar refractivity (Wildman–Crippen MR) is 72.4 cm³/mol. The number of nitrogens with one attached hydrogen (secondary N) is 1. The highest BCUT2D eigenvalue weighted by atomic mass is 19.3. The van der Waals surface area contributed by atoms with Crippen LogP contribution in [0.4, 0.5) is 8.78 Å². The van der Waals surface area contributed by atoms with E-state index < -0.39 is 5.92 Å². The molecule has 19 heavy (non-hydrogen) atoms. The summed E-state index contributed by atoms with van der Waals surface area (Å²) in [4.78, 5) is 4.38. The molecule has 0 radical (unpaired) electrons. The molecule has 1 N–H and O–H groups in total. The Morgan fingerprint density at radius 2 is 2.00 bits per heavy atom. The number of halogens is 2. The Balaban J connectivity index is 2.04. The van der Waals surface area contributed by atoms with Crippen molar-refractivity contribution >= 4 is 0 Å². The quantitative estimate of drug-likeness (QED) is 0.902. The average molecular weight is 268 g/mol. The van der Waals surface area contributed by atoms with E-state index in [1.807, 2.05) is 25.2 Å². The molecule has 0 spiro atoms. The van der Waals surface area contributed by atoms with E-state index in [4.69, 9.17) is 0 Å². The van der Waals surface area contributed by atoms with Crippen LogP contribution >= 0.6 is 0 Å². The third-order valence-electron chi connectivity index (χ3n) is 4.30. The van der Waals surface area contributed by atoms with Gasteiger partial charge in [0.15, 0.2) is 0 Å². The van der Waals surface area contributed by atoms with Gasteiger partial charge in [-0.2, -0.15) is 0 Å². The van der Waals surface area contributed by atoms with Crippen LogP contribution in [0.25, 0.3) is 0 Å². The van der Waals surface area contributed by atoms with Crippen LogP contribution in [0.15, 0.2) is 24.4 Å². The van der Waals surface area contributed by atoms with Crippen LogP contribution in [-0.2, 0) is 0 Å². The van der Waals surface area contributed by atoms with Crippen molar-refractivity contribution in [2.75, 3.05) is 7.05 Å². The van der Waals surface area contributed by atoms with E-state index in [0.29, 0.717) is 18.8 Å². The van der Waals surface area contributed by atoms with Crippen LogP contribution in [0, 0.1) is 5.92 Å². The molecule has 0 saturated heterocycles. The third kappa shape index (κ3) is 3.50. The Labute approximate surface area is 113 Å². The standard InChI is InChI=1S/C15H22F2N2/c1-11(13-5-3-4-10-19-13)14(18-2)12-6-8-15(16,17)9-7-12/h3-5,10-12,14,18H,6-9H2,1-2H3. The van der Waals surface area contributed by atoms with Gasteiger partial charge in [0, 0.05) is 36.7 Å². The minimum Gasteiger partial charge on any atom is -0.316 e. The highest BCUT2D eigenvalue weighted by molar-refractivity contribution is 5.12. The van der Waals surface area contributed by atoms with Crippen LogP contribution in [0.2, 0.25) is 0 Å². The van der Waals surface area contributed by atoms with Crippen molar-refractivity contribution in [2.45, 2.75) is 50.5 Å². The van der Waals surface area contributed by atoms with Gasteiger partial charge in [0.05, 0.1) is 0 Å². The molecule has 2 unspecified atom stereocenters. The van der Waals surface area contributed by atoms with E-state index in [9.17, 15) is 8.78 Å². The monoisotopic (exact) mass is 268 g/mol. The summed E-state index contributed by atoms with van der Waals surface area (Å²) in [5.41, 5.74) is 1.03. The first-order valence-electron chi connectivity index (χ1n) is 6.99. The molecular weight excluding hydrogens is 246 g/mol. The average Bonchev–Trinajstić information content (AvgIpc) is 2.42. The molecule has 1 aliphatic rings. The van der Waals surface area contributed by atoms with E-state index in [1.165, 1.54) is 0 Å². The normalized spacial score (nSPS) is 22.9. The van der Waals surface area contributed by atoms with Gasteiger partial charge in [-0.05, 0) is 37.9 Å². The van der Waals surface area contributed by atoms with Crippen LogP contribution in [0.3, 0.4) is 0 Å². The first kappa shape index (κ1) is 14.4. The summed E-state index contributed by atoms with van der Waals surface area (Å²) < 4.78 is 26.5. The SMILES string of the molecule is CNC(C1CCC(F)(F)CC1)C(C)c1ccccn1. The first-order chi connectivity index (χ1) is 9.03. The molecular formula is C15H22F2N2. The molecule has 1 aromatic rings. The Kier molecular flexibility index (Phi) is 4.50. The summed E-state index contributed by atoms with van der Waals surface area (Å²) in [6.07, 6.45) is 3.01. The first-order valence-corrected chi connectivity index (χ1v) is 6.99. The maximum atomic E-state index is 13.2. The largest absolute Gasteiger partial charge is 0.316 e. The summed E-state index contributed by atoms with van der Waals surface area (Å²) in [5.74, 6) is -1.91. The lowest BCUT2D eigenvalue weighted by molar-refractivity contribution is -0.0502. The highest BCUT2D eigenvalue weighted by Crippen LogP contribution is 2.39. The molecule has 2 rings (SSSR count). The van der Waals surface area contributed by atoms with Crippen LogP contribution in [-0.4, -0.2) is 24.0 Å². The fourth-order valence-electron chi connectivity index (χ4n) is 3.14. The van der Waals surface area contributed by atoms with E-state index >= 15 is 0 Å². The Hall–Kier alpha value is -1.03. The fraction of sp³-hybridized carbons (Fsp3) is 0.667. The summed E-state index contributed by atoms with van der Waals surface area (Å²) in [7, 11) is 1.91. The lowest BCUT2D eigenvalue weighted by Crippen LogP contribution is -2.41. The molecule has 0 aromatic carbocycles. The van der Waals surface area contributed by atoms with Crippen molar-refractivity contribution in [3.05, 3.63) is 30.1 Å². The topological polar surface area (TPSA) is 24.9 Å². The van der Waals surface area contributed by atoms with Crippen molar-refractivity contribution in [3.8, 4) is 0 Å². The molecule has 4 heteroatoms. The third-order valence-corrected chi connectivity index (χ3v) is 4.30. The van der Waals surface area contributed by atoms with E-state index in [1.54, 1.807) is 6.20 Å². The van der Waals surface area contributed by atoms with Gasteiger partial charge >= 0.3 is 0 Å². The van der Waals surface area contributed by atoms with E-state index in [0.717, 1.165) is 5.69 Å². The number of likely N-dealkylation sites (N-methyl/N-ethyl adjacent to an activating group) is 1. The van der Waals surface area contributed by atoms with Gasteiger partial charge in [0.2, 0.25) is 5.92 Å². The second-order valence-corrected chi connectivity index (χ2v) is 5.55. The molecule has 106 valence electrons. The van der Waals surface area contributed by atoms with Gasteiger partial charge in [-0.15, -0.1) is 0 Å². The van der Waals surface area contributed by atoms with Gasteiger partial charge < -0.3 is 5.32 Å². The fourth-order valence-corrected chi connectivity index (χ4v) is 3.14. The number of alkyl halides is 2. The summed E-state index contributed by atoms with van der Waals surface area (Å²) in [6, 6.07) is 6.09. The van der Waals surface area contributed by atoms with Gasteiger partial charge in [0.1, 0.15) is 0 Å². The van der Waals surface area contributed by atoms with E-state index in [-0.39, 0.29) is 24.8 Å². The van der Waals surface area contributed by atoms with E-state index in [2.05, 4.69) is 17.2 Å². The zero-order valence-electron chi connectivity index (χ0n) is 11.6. The van der Waals surface area contributed by atoms with Crippen molar-refractivity contribution in [1.82, 2.24) is 10.3 Å². The molecule has 2 atom stereocenters. The Morgan fingerprint density at radius 1 is 1.32 bits per heavy atom. The second-order valence-electron chi connectivity index (χ2n) is 5.55. The van der Waals surface area contributed by atoms with Crippen LogP contribution in [0.5, 0.6) is 0 Å². The number of rotatable bonds is 4. The lowest BCUT2D eigenvalue weighted by Gasteiger charge is -2.36. The molecule has 1 aromatic heterocycles. The molecule has 0 aliphatic heterocycles. The molecule has 2 nitrogen and oxygen atoms in total. The van der Waals surface area contributed by atoms with Crippen molar-refractivity contribution < 1.29 is 8.78 Å². The Bertz CT molecular complexity index is 384. The summed E-state index contributed by atoms with van der Waals surface area (Å²) in [5, 5.41) is 3.31. The zero-order chi connectivity index (χ0) is 13.9. The number of hydrogen-bond acceptors (Lipinski definition) is 2. The molecule has 1 fully saturated rings. The molecule has 0 bridgehead atoms. The summed E-state index contributed by atoms with van der Waals surface area (Å²) in [6.45, 7) is 2.12. The van der Waals surface area contributed by atoms with Crippen molar-refractivity contribution in [1.29, 1.82) is 0 Å². The Morgan fingerprint density at radius 3 is 2.53 bits per heavy atom. The highest BCUT2D eigenvalue weighted by Gasteiger charge is 2.38. The summed E-state index contributed by atoms with van der Waals surface area (Å²) >= 11 is 0. The number of nitrogens with zero attached hydrogens (tertiary/aromatic N) is 1. The molecule has 1 heterocycles. The number of hydrogen-bond donors (Lipinski definition) is 1. The maximum absolute atomic E-state index is 13.2. The minimum absolute atomic E-state index is 0.0186. The zero-order valence-corrected chi connectivity index (χ0v) is 11.6. The molecule has 1 saturated carbocycles. The maximum Gasteiger partial charge on any atom is 0.248 e. The van der Waals surface area contributed by atoms with Gasteiger partial charge in [-0.1, -0.05) is 13.0 Å². The van der Waals surface area contributed by atoms with Crippen molar-refractivity contribution in [3.63, 3.8) is 0 Å². The van der Waals surface area contributed by atoms with Crippen molar-refractivity contribution in [2.24, 2.45) is 5.92 Å². The van der Waals surface area contributed by atoms with Gasteiger partial charge in [-0.3, -0.25) is 4.98 Å². The predicted octanol–water partition coefficient (Wildman–Crippen LogP) is 3.60. The smallest absolute Gasteiger partial charge is 0.248 e. The molecule has 1 aliphatic carbocycles. The van der Waals surface area contributed by atoms with Crippen LogP contribution < -0.4 is 5.32 Å². The number of aromatic nitrogens is 1. The number of pyridine rings is 1. The molecule has 0 amide bonds.